The summed E-state index contributed by atoms with van der Waals surface area (Å²) in [5, 5.41) is 9.02. The molecular weight excluding hydrogens is 467 g/mol. The summed E-state index contributed by atoms with van der Waals surface area (Å²) in [6.45, 7) is 0.533. The van der Waals surface area contributed by atoms with Gasteiger partial charge in [0.1, 0.15) is 5.82 Å². The number of amides is 1. The number of para-hydroxylation sites is 1. The number of carbonyl (C=O) groups excluding carboxylic acids is 2. The second-order valence-electron chi connectivity index (χ2n) is 7.88. The van der Waals surface area contributed by atoms with Gasteiger partial charge in [-0.15, -0.1) is 10.2 Å². The minimum Gasteiger partial charge on any atom is -0.465 e. The molecule has 0 bridgehead atoms. The Hall–Kier alpha value is -3.98. The number of hydrogen-bond acceptors (Lipinski definition) is 6. The van der Waals surface area contributed by atoms with Crippen LogP contribution in [0.4, 0.5) is 10.1 Å². The molecule has 2 heterocycles. The molecule has 1 aromatic heterocycles. The highest BCUT2D eigenvalue weighted by atomic mass is 32.2. The summed E-state index contributed by atoms with van der Waals surface area (Å²) in [5.41, 5.74) is 3.29. The minimum absolute atomic E-state index is 0.0883. The van der Waals surface area contributed by atoms with Gasteiger partial charge in [-0.3, -0.25) is 9.36 Å². The molecule has 0 saturated carbocycles. The van der Waals surface area contributed by atoms with Crippen LogP contribution in [0.15, 0.2) is 78.0 Å². The molecule has 1 amide bonds. The van der Waals surface area contributed by atoms with Crippen molar-refractivity contribution in [2.24, 2.45) is 0 Å². The molecule has 1 aliphatic heterocycles. The summed E-state index contributed by atoms with van der Waals surface area (Å²) in [4.78, 5) is 26.7. The molecule has 7 nitrogen and oxygen atoms in total. The molecule has 0 unspecified atom stereocenters. The highest BCUT2D eigenvalue weighted by molar-refractivity contribution is 7.99. The van der Waals surface area contributed by atoms with Gasteiger partial charge >= 0.3 is 5.97 Å². The van der Waals surface area contributed by atoms with Crippen molar-refractivity contribution < 1.29 is 18.7 Å². The van der Waals surface area contributed by atoms with E-state index in [9.17, 15) is 14.0 Å². The fourth-order valence-corrected chi connectivity index (χ4v) is 4.93. The van der Waals surface area contributed by atoms with E-state index in [-0.39, 0.29) is 11.7 Å². The quantitative estimate of drug-likeness (QED) is 0.293. The highest BCUT2D eigenvalue weighted by Crippen LogP contribution is 2.32. The number of methoxy groups -OCH3 is 1. The Labute approximate surface area is 205 Å². The van der Waals surface area contributed by atoms with Gasteiger partial charge < -0.3 is 9.64 Å². The van der Waals surface area contributed by atoms with E-state index >= 15 is 0 Å². The van der Waals surface area contributed by atoms with E-state index in [0.29, 0.717) is 35.1 Å². The van der Waals surface area contributed by atoms with E-state index in [1.54, 1.807) is 45.9 Å². The number of nitrogens with zero attached hydrogens (tertiary/aromatic N) is 4. The normalized spacial score (nSPS) is 12.5. The summed E-state index contributed by atoms with van der Waals surface area (Å²) in [6.07, 6.45) is 0.661. The molecule has 4 aromatic rings. The van der Waals surface area contributed by atoms with Crippen LogP contribution in [-0.4, -0.2) is 46.0 Å². The average molecular weight is 489 g/mol. The average Bonchev–Trinajstić information content (AvgIpc) is 3.51. The summed E-state index contributed by atoms with van der Waals surface area (Å²) in [7, 11) is 1.34. The second kappa shape index (κ2) is 9.71. The number of rotatable bonds is 6. The third-order valence-corrected chi connectivity index (χ3v) is 6.70. The lowest BCUT2D eigenvalue weighted by molar-refractivity contribution is -0.116. The maximum atomic E-state index is 14.6. The number of halogens is 1. The zero-order valence-electron chi connectivity index (χ0n) is 18.8. The highest BCUT2D eigenvalue weighted by Gasteiger charge is 2.27. The molecule has 0 N–H and O–H groups in total. The van der Waals surface area contributed by atoms with Crippen molar-refractivity contribution in [3.63, 3.8) is 0 Å². The number of carbonyl (C=O) groups is 2. The third kappa shape index (κ3) is 4.42. The maximum absolute atomic E-state index is 14.6. The number of thioether (sulfide) groups is 1. The lowest BCUT2D eigenvalue weighted by Crippen LogP contribution is -2.30. The first-order chi connectivity index (χ1) is 17.1. The van der Waals surface area contributed by atoms with E-state index in [0.717, 1.165) is 16.9 Å². The summed E-state index contributed by atoms with van der Waals surface area (Å²) in [5.74, 6) is -0.398. The Morgan fingerprint density at radius 3 is 2.57 bits per heavy atom. The lowest BCUT2D eigenvalue weighted by Gasteiger charge is -2.17. The van der Waals surface area contributed by atoms with Crippen LogP contribution in [0.5, 0.6) is 0 Å². The maximum Gasteiger partial charge on any atom is 0.337 e. The molecule has 3 aromatic carbocycles. The first-order valence-corrected chi connectivity index (χ1v) is 12.0. The zero-order valence-corrected chi connectivity index (χ0v) is 19.7. The van der Waals surface area contributed by atoms with Crippen LogP contribution in [0.2, 0.25) is 0 Å². The van der Waals surface area contributed by atoms with Gasteiger partial charge in [-0.05, 0) is 54.4 Å². The first kappa shape index (κ1) is 22.8. The Bertz CT molecular complexity index is 1410. The van der Waals surface area contributed by atoms with Gasteiger partial charge in [0.25, 0.3) is 0 Å². The summed E-state index contributed by atoms with van der Waals surface area (Å²) in [6, 6.07) is 21.0. The lowest BCUT2D eigenvalue weighted by atomic mass is 10.1. The molecule has 5 rings (SSSR count). The first-order valence-electron chi connectivity index (χ1n) is 11.0. The fraction of sp³-hybridized carbons (Fsp3) is 0.154. The number of fused-ring (bicyclic) bond motifs is 1. The molecule has 1 aliphatic rings. The predicted octanol–water partition coefficient (Wildman–Crippen LogP) is 4.54. The number of ether oxygens (including phenoxy) is 1. The molecule has 0 spiro atoms. The predicted molar refractivity (Wildman–Crippen MR) is 131 cm³/mol. The third-order valence-electron chi connectivity index (χ3n) is 5.78. The van der Waals surface area contributed by atoms with Gasteiger partial charge in [-0.1, -0.05) is 42.1 Å². The summed E-state index contributed by atoms with van der Waals surface area (Å²) < 4.78 is 21.1. The molecule has 0 radical (unpaired) electrons. The van der Waals surface area contributed by atoms with Crippen molar-refractivity contribution >= 4 is 29.3 Å². The number of aromatic nitrogens is 3. The fourth-order valence-electron chi connectivity index (χ4n) is 4.10. The topological polar surface area (TPSA) is 77.3 Å². The standard InChI is InChI=1S/C26H21FN4O3S/c1-34-25(33)18-11-12-22-17(15-18)13-14-30(22)23(32)16-35-26-29-28-24(20-9-5-6-10-21(20)27)31(26)19-7-3-2-4-8-19/h2-12,15H,13-14,16H2,1H3. The van der Waals surface area contributed by atoms with Crippen molar-refractivity contribution in [3.05, 3.63) is 89.7 Å². The van der Waals surface area contributed by atoms with Gasteiger partial charge in [0.15, 0.2) is 11.0 Å². The SMILES string of the molecule is COC(=O)c1ccc2c(c1)CCN2C(=O)CSc1nnc(-c2ccccc2F)n1-c1ccccc1. The molecule has 176 valence electrons. The Morgan fingerprint density at radius 2 is 1.80 bits per heavy atom. The minimum atomic E-state index is -0.404. The van der Waals surface area contributed by atoms with Gasteiger partial charge in [0.2, 0.25) is 5.91 Å². The Morgan fingerprint density at radius 1 is 1.03 bits per heavy atom. The largest absolute Gasteiger partial charge is 0.465 e. The van der Waals surface area contributed by atoms with Gasteiger partial charge in [0.05, 0.1) is 24.0 Å². The van der Waals surface area contributed by atoms with Crippen molar-refractivity contribution in [2.75, 3.05) is 24.3 Å². The molecule has 0 saturated heterocycles. The van der Waals surface area contributed by atoms with Crippen LogP contribution < -0.4 is 4.90 Å². The number of anilines is 1. The summed E-state index contributed by atoms with van der Waals surface area (Å²) >= 11 is 1.25. The molecule has 9 heteroatoms. The van der Waals surface area contributed by atoms with Crippen molar-refractivity contribution in [1.82, 2.24) is 14.8 Å². The van der Waals surface area contributed by atoms with E-state index in [4.69, 9.17) is 4.74 Å². The molecule has 0 atom stereocenters. The van der Waals surface area contributed by atoms with Gasteiger partial charge in [-0.25, -0.2) is 9.18 Å². The van der Waals surface area contributed by atoms with Crippen LogP contribution in [-0.2, 0) is 16.0 Å². The van der Waals surface area contributed by atoms with E-state index in [2.05, 4.69) is 10.2 Å². The number of hydrogen-bond donors (Lipinski definition) is 0. The van der Waals surface area contributed by atoms with Gasteiger partial charge in [0, 0.05) is 17.9 Å². The van der Waals surface area contributed by atoms with Crippen molar-refractivity contribution in [2.45, 2.75) is 11.6 Å². The molecular formula is C26H21FN4O3S. The van der Waals surface area contributed by atoms with Gasteiger partial charge in [-0.2, -0.15) is 0 Å². The number of benzene rings is 3. The van der Waals surface area contributed by atoms with E-state index in [1.165, 1.54) is 24.9 Å². The smallest absolute Gasteiger partial charge is 0.337 e. The zero-order chi connectivity index (χ0) is 24.4. The van der Waals surface area contributed by atoms with Crippen molar-refractivity contribution in [1.29, 1.82) is 0 Å². The molecule has 35 heavy (non-hydrogen) atoms. The van der Waals surface area contributed by atoms with Crippen LogP contribution in [0.25, 0.3) is 17.1 Å². The van der Waals surface area contributed by atoms with Crippen LogP contribution in [0.3, 0.4) is 0 Å². The second-order valence-corrected chi connectivity index (χ2v) is 8.82. The van der Waals surface area contributed by atoms with Crippen LogP contribution >= 0.6 is 11.8 Å². The molecule has 0 aliphatic carbocycles. The van der Waals surface area contributed by atoms with Crippen molar-refractivity contribution in [3.8, 4) is 17.1 Å². The monoisotopic (exact) mass is 488 g/mol. The molecule has 0 fully saturated rings. The van der Waals surface area contributed by atoms with Crippen LogP contribution in [0.1, 0.15) is 15.9 Å². The van der Waals surface area contributed by atoms with Crippen LogP contribution in [0, 0.1) is 5.82 Å². The Kier molecular flexibility index (Phi) is 6.33. The number of esters is 1. The van der Waals surface area contributed by atoms with E-state index < -0.39 is 11.8 Å². The van der Waals surface area contributed by atoms with E-state index in [1.807, 2.05) is 30.3 Å². The Balaban J connectivity index is 1.40.